The van der Waals surface area contributed by atoms with Gasteiger partial charge in [-0.05, 0) is 43.4 Å². The molecule has 1 saturated carbocycles. The first-order valence-corrected chi connectivity index (χ1v) is 5.99. The van der Waals surface area contributed by atoms with Crippen molar-refractivity contribution in [3.63, 3.8) is 0 Å². The second-order valence-electron chi connectivity index (χ2n) is 5.69. The van der Waals surface area contributed by atoms with Crippen molar-refractivity contribution in [2.45, 2.75) is 33.2 Å². The minimum absolute atomic E-state index is 0.0238. The highest BCUT2D eigenvalue weighted by molar-refractivity contribution is 5.30. The third kappa shape index (κ3) is 2.21. The fraction of sp³-hybridized carbons (Fsp3) is 0.571. The molecule has 0 bridgehead atoms. The van der Waals surface area contributed by atoms with Gasteiger partial charge in [-0.25, -0.2) is 8.78 Å². The Hall–Kier alpha value is -0.960. The van der Waals surface area contributed by atoms with Crippen LogP contribution >= 0.6 is 0 Å². The first-order valence-electron chi connectivity index (χ1n) is 5.99. The zero-order valence-electron chi connectivity index (χ0n) is 10.8. The lowest BCUT2D eigenvalue weighted by Crippen LogP contribution is -2.22. The van der Waals surface area contributed by atoms with Crippen LogP contribution in [0, 0.1) is 29.9 Å². The molecule has 0 saturated heterocycles. The highest BCUT2D eigenvalue weighted by atomic mass is 19.1. The lowest BCUT2D eigenvalue weighted by atomic mass is 9.95. The molecule has 2 unspecified atom stereocenters. The second kappa shape index (κ2) is 4.05. The van der Waals surface area contributed by atoms with E-state index in [4.69, 9.17) is 0 Å². The van der Waals surface area contributed by atoms with Crippen molar-refractivity contribution in [2.75, 3.05) is 7.05 Å². The van der Waals surface area contributed by atoms with Gasteiger partial charge in [0.1, 0.15) is 11.6 Å². The Labute approximate surface area is 101 Å². The molecule has 1 nitrogen and oxygen atoms in total. The summed E-state index contributed by atoms with van der Waals surface area (Å²) in [5.41, 5.74) is 1.34. The number of nitrogens with one attached hydrogen (secondary N) is 1. The van der Waals surface area contributed by atoms with Crippen molar-refractivity contribution >= 4 is 0 Å². The van der Waals surface area contributed by atoms with Crippen molar-refractivity contribution in [1.29, 1.82) is 0 Å². The quantitative estimate of drug-likeness (QED) is 0.850. The SMILES string of the molecule is CNC(c1cc(C)c(F)cc1F)C1CC1(C)C. The Morgan fingerprint density at radius 3 is 2.35 bits per heavy atom. The normalized spacial score (nSPS) is 23.5. The van der Waals surface area contributed by atoms with Gasteiger partial charge in [0.2, 0.25) is 0 Å². The molecule has 2 atom stereocenters. The standard InChI is InChI=1S/C14H19F2N/c1-8-5-9(12(16)6-11(8)15)13(17-4)10-7-14(10,2)3/h5-6,10,13,17H,7H2,1-4H3. The zero-order chi connectivity index (χ0) is 12.8. The van der Waals surface area contributed by atoms with Crippen LogP contribution in [-0.2, 0) is 0 Å². The molecule has 1 aromatic rings. The molecule has 1 N–H and O–H groups in total. The minimum Gasteiger partial charge on any atom is -0.313 e. The van der Waals surface area contributed by atoms with Gasteiger partial charge in [0.05, 0.1) is 0 Å². The number of aryl methyl sites for hydroxylation is 1. The van der Waals surface area contributed by atoms with Gasteiger partial charge in [-0.3, -0.25) is 0 Å². The molecule has 1 aliphatic rings. The summed E-state index contributed by atoms with van der Waals surface area (Å²) in [5.74, 6) is -0.502. The van der Waals surface area contributed by atoms with E-state index in [1.807, 2.05) is 7.05 Å². The van der Waals surface area contributed by atoms with Gasteiger partial charge >= 0.3 is 0 Å². The van der Waals surface area contributed by atoms with E-state index >= 15 is 0 Å². The molecular weight excluding hydrogens is 220 g/mol. The summed E-state index contributed by atoms with van der Waals surface area (Å²) < 4.78 is 27.1. The summed E-state index contributed by atoms with van der Waals surface area (Å²) >= 11 is 0. The molecule has 0 heterocycles. The van der Waals surface area contributed by atoms with E-state index in [0.29, 0.717) is 17.0 Å². The number of hydrogen-bond donors (Lipinski definition) is 1. The Kier molecular flexibility index (Phi) is 2.98. The average molecular weight is 239 g/mol. The van der Waals surface area contributed by atoms with Crippen LogP contribution < -0.4 is 5.32 Å². The molecule has 0 aromatic heterocycles. The Morgan fingerprint density at radius 2 is 1.88 bits per heavy atom. The van der Waals surface area contributed by atoms with Gasteiger partial charge in [-0.1, -0.05) is 13.8 Å². The van der Waals surface area contributed by atoms with E-state index in [9.17, 15) is 8.78 Å². The topological polar surface area (TPSA) is 12.0 Å². The third-order valence-corrected chi connectivity index (χ3v) is 3.92. The van der Waals surface area contributed by atoms with E-state index in [0.717, 1.165) is 12.5 Å². The van der Waals surface area contributed by atoms with Gasteiger partial charge in [0.15, 0.2) is 0 Å². The fourth-order valence-corrected chi connectivity index (χ4v) is 2.57. The second-order valence-corrected chi connectivity index (χ2v) is 5.69. The molecule has 2 rings (SSSR count). The van der Waals surface area contributed by atoms with Gasteiger partial charge < -0.3 is 5.32 Å². The Balaban J connectivity index is 2.35. The van der Waals surface area contributed by atoms with Gasteiger partial charge in [0.25, 0.3) is 0 Å². The third-order valence-electron chi connectivity index (χ3n) is 3.92. The number of rotatable bonds is 3. The van der Waals surface area contributed by atoms with E-state index in [-0.39, 0.29) is 11.5 Å². The van der Waals surface area contributed by atoms with Crippen LogP contribution in [-0.4, -0.2) is 7.05 Å². The van der Waals surface area contributed by atoms with Crippen LogP contribution in [0.1, 0.15) is 37.4 Å². The van der Waals surface area contributed by atoms with Crippen molar-refractivity contribution in [1.82, 2.24) is 5.32 Å². The van der Waals surface area contributed by atoms with Crippen LogP contribution in [0.25, 0.3) is 0 Å². The van der Waals surface area contributed by atoms with Gasteiger partial charge in [0, 0.05) is 17.7 Å². The Bertz CT molecular complexity index is 440. The molecule has 0 amide bonds. The summed E-state index contributed by atoms with van der Waals surface area (Å²) in [5, 5.41) is 3.16. The van der Waals surface area contributed by atoms with Crippen LogP contribution in [0.2, 0.25) is 0 Å². The molecule has 0 spiro atoms. The Morgan fingerprint density at radius 1 is 1.29 bits per heavy atom. The van der Waals surface area contributed by atoms with Crippen molar-refractivity contribution in [2.24, 2.45) is 11.3 Å². The lowest BCUT2D eigenvalue weighted by molar-refractivity contribution is 0.423. The molecule has 1 aromatic carbocycles. The monoisotopic (exact) mass is 239 g/mol. The maximum absolute atomic E-state index is 13.8. The van der Waals surface area contributed by atoms with Crippen LogP contribution in [0.15, 0.2) is 12.1 Å². The maximum atomic E-state index is 13.8. The zero-order valence-corrected chi connectivity index (χ0v) is 10.8. The van der Waals surface area contributed by atoms with Gasteiger partial charge in [-0.15, -0.1) is 0 Å². The van der Waals surface area contributed by atoms with Crippen molar-refractivity contribution < 1.29 is 8.78 Å². The molecule has 1 aliphatic carbocycles. The predicted molar refractivity (Wildman–Crippen MR) is 64.8 cm³/mol. The average Bonchev–Trinajstić information content (AvgIpc) is 2.84. The first-order chi connectivity index (χ1) is 7.86. The molecule has 94 valence electrons. The summed E-state index contributed by atoms with van der Waals surface area (Å²) in [6.45, 7) is 6.02. The summed E-state index contributed by atoms with van der Waals surface area (Å²) in [6.07, 6.45) is 1.08. The highest BCUT2D eigenvalue weighted by Gasteiger charge is 2.50. The molecule has 1 fully saturated rings. The number of benzene rings is 1. The number of halogens is 2. The van der Waals surface area contributed by atoms with Crippen LogP contribution in [0.5, 0.6) is 0 Å². The van der Waals surface area contributed by atoms with Crippen molar-refractivity contribution in [3.05, 3.63) is 34.9 Å². The lowest BCUT2D eigenvalue weighted by Gasteiger charge is -2.20. The largest absolute Gasteiger partial charge is 0.313 e. The molecular formula is C14H19F2N. The first kappa shape index (κ1) is 12.5. The highest BCUT2D eigenvalue weighted by Crippen LogP contribution is 2.57. The minimum atomic E-state index is -0.476. The molecule has 0 aliphatic heterocycles. The summed E-state index contributed by atoms with van der Waals surface area (Å²) in [7, 11) is 1.83. The predicted octanol–water partition coefficient (Wildman–Crippen LogP) is 3.58. The van der Waals surface area contributed by atoms with E-state index in [1.54, 1.807) is 13.0 Å². The van der Waals surface area contributed by atoms with E-state index in [1.165, 1.54) is 0 Å². The van der Waals surface area contributed by atoms with E-state index < -0.39 is 11.6 Å². The summed E-state index contributed by atoms with van der Waals surface area (Å²) in [4.78, 5) is 0. The van der Waals surface area contributed by atoms with Gasteiger partial charge in [-0.2, -0.15) is 0 Å². The number of hydrogen-bond acceptors (Lipinski definition) is 1. The fourth-order valence-electron chi connectivity index (χ4n) is 2.57. The van der Waals surface area contributed by atoms with E-state index in [2.05, 4.69) is 19.2 Å². The maximum Gasteiger partial charge on any atom is 0.130 e. The molecule has 0 radical (unpaired) electrons. The smallest absolute Gasteiger partial charge is 0.130 e. The molecule has 17 heavy (non-hydrogen) atoms. The van der Waals surface area contributed by atoms with Crippen LogP contribution in [0.3, 0.4) is 0 Å². The van der Waals surface area contributed by atoms with Crippen LogP contribution in [0.4, 0.5) is 8.78 Å². The molecule has 3 heteroatoms. The summed E-state index contributed by atoms with van der Waals surface area (Å²) in [6, 6.07) is 2.59. The van der Waals surface area contributed by atoms with Crippen molar-refractivity contribution in [3.8, 4) is 0 Å².